The Balaban J connectivity index is 1.76. The Morgan fingerprint density at radius 2 is 1.76 bits per heavy atom. The molecule has 0 radical (unpaired) electrons. The monoisotopic (exact) mass is 314 g/mol. The summed E-state index contributed by atoms with van der Waals surface area (Å²) in [5, 5.41) is 3.85. The molecular formula is C17H15ClN2S. The first-order chi connectivity index (χ1) is 10.2. The Morgan fingerprint density at radius 1 is 1.05 bits per heavy atom. The zero-order valence-electron chi connectivity index (χ0n) is 11.7. The Bertz CT molecular complexity index is 707. The Labute approximate surface area is 133 Å². The normalized spacial score (nSPS) is 10.6. The van der Waals surface area contributed by atoms with E-state index in [2.05, 4.69) is 41.6 Å². The van der Waals surface area contributed by atoms with Gasteiger partial charge in [-0.3, -0.25) is 0 Å². The predicted molar refractivity (Wildman–Crippen MR) is 91.1 cm³/mol. The van der Waals surface area contributed by atoms with Gasteiger partial charge in [0.1, 0.15) is 0 Å². The van der Waals surface area contributed by atoms with Gasteiger partial charge in [0.05, 0.1) is 5.69 Å². The molecule has 0 aliphatic rings. The zero-order valence-corrected chi connectivity index (χ0v) is 13.2. The average Bonchev–Trinajstić information content (AvgIpc) is 2.99. The van der Waals surface area contributed by atoms with E-state index in [0.29, 0.717) is 0 Å². The lowest BCUT2D eigenvalue weighted by Gasteiger charge is -2.15. The highest BCUT2D eigenvalue weighted by molar-refractivity contribution is 7.14. The summed E-state index contributed by atoms with van der Waals surface area (Å²) in [4.78, 5) is 6.87. The number of nitrogens with zero attached hydrogens (tertiary/aromatic N) is 2. The van der Waals surface area contributed by atoms with Crippen LogP contribution in [0.2, 0.25) is 5.02 Å². The van der Waals surface area contributed by atoms with E-state index < -0.39 is 0 Å². The summed E-state index contributed by atoms with van der Waals surface area (Å²) in [6, 6.07) is 18.2. The van der Waals surface area contributed by atoms with Crippen molar-refractivity contribution < 1.29 is 0 Å². The number of hydrogen-bond donors (Lipinski definition) is 0. The maximum absolute atomic E-state index is 5.92. The first kappa shape index (κ1) is 14.1. The summed E-state index contributed by atoms with van der Waals surface area (Å²) >= 11 is 7.58. The fraction of sp³-hybridized carbons (Fsp3) is 0.118. The maximum Gasteiger partial charge on any atom is 0.185 e. The molecule has 3 aromatic rings. The summed E-state index contributed by atoms with van der Waals surface area (Å²) in [5.74, 6) is 0. The van der Waals surface area contributed by atoms with Crippen molar-refractivity contribution in [2.24, 2.45) is 0 Å². The van der Waals surface area contributed by atoms with Gasteiger partial charge in [0.15, 0.2) is 5.13 Å². The molecule has 0 unspecified atom stereocenters. The van der Waals surface area contributed by atoms with Gasteiger partial charge in [-0.1, -0.05) is 54.1 Å². The van der Waals surface area contributed by atoms with Crippen molar-refractivity contribution in [2.75, 3.05) is 11.9 Å². The molecule has 0 aliphatic carbocycles. The zero-order chi connectivity index (χ0) is 14.7. The molecule has 106 valence electrons. The van der Waals surface area contributed by atoms with E-state index in [1.165, 1.54) is 5.56 Å². The third-order valence-corrected chi connectivity index (χ3v) is 4.43. The minimum atomic E-state index is 0.746. The van der Waals surface area contributed by atoms with E-state index >= 15 is 0 Å². The van der Waals surface area contributed by atoms with Crippen molar-refractivity contribution in [2.45, 2.75) is 6.54 Å². The van der Waals surface area contributed by atoms with E-state index in [4.69, 9.17) is 16.6 Å². The standard InChI is InChI=1S/C17H15ClN2S/c1-20(11-13-5-3-2-4-6-13)17-19-16(12-21-17)14-7-9-15(18)10-8-14/h2-10,12H,11H2,1H3. The molecule has 0 spiro atoms. The fourth-order valence-electron chi connectivity index (χ4n) is 2.12. The molecule has 0 aliphatic heterocycles. The van der Waals surface area contributed by atoms with E-state index in [-0.39, 0.29) is 0 Å². The molecule has 0 bridgehead atoms. The van der Waals surface area contributed by atoms with Crippen LogP contribution in [0.15, 0.2) is 60.0 Å². The molecule has 1 aromatic heterocycles. The largest absolute Gasteiger partial charge is 0.347 e. The van der Waals surface area contributed by atoms with Crippen LogP contribution in [0.3, 0.4) is 0 Å². The molecule has 2 nitrogen and oxygen atoms in total. The molecule has 0 saturated carbocycles. The first-order valence-corrected chi connectivity index (χ1v) is 7.94. The quantitative estimate of drug-likeness (QED) is 0.666. The van der Waals surface area contributed by atoms with Crippen LogP contribution in [0.5, 0.6) is 0 Å². The topological polar surface area (TPSA) is 16.1 Å². The molecule has 0 saturated heterocycles. The molecular weight excluding hydrogens is 300 g/mol. The van der Waals surface area contributed by atoms with Crippen molar-refractivity contribution in [3.8, 4) is 11.3 Å². The smallest absolute Gasteiger partial charge is 0.185 e. The van der Waals surface area contributed by atoms with E-state index in [9.17, 15) is 0 Å². The number of rotatable bonds is 4. The van der Waals surface area contributed by atoms with Crippen LogP contribution < -0.4 is 4.90 Å². The molecule has 0 amide bonds. The lowest BCUT2D eigenvalue weighted by molar-refractivity contribution is 0.915. The van der Waals surface area contributed by atoms with Crippen LogP contribution in [-0.4, -0.2) is 12.0 Å². The molecule has 0 fully saturated rings. The van der Waals surface area contributed by atoms with Crippen molar-refractivity contribution in [1.82, 2.24) is 4.98 Å². The third-order valence-electron chi connectivity index (χ3n) is 3.22. The van der Waals surface area contributed by atoms with Crippen LogP contribution in [-0.2, 0) is 6.54 Å². The Hall–Kier alpha value is -1.84. The number of aromatic nitrogens is 1. The van der Waals surface area contributed by atoms with Crippen molar-refractivity contribution in [3.63, 3.8) is 0 Å². The molecule has 0 atom stereocenters. The van der Waals surface area contributed by atoms with Crippen molar-refractivity contribution in [1.29, 1.82) is 0 Å². The van der Waals surface area contributed by atoms with Crippen LogP contribution in [0.1, 0.15) is 5.56 Å². The second-order valence-electron chi connectivity index (χ2n) is 4.86. The van der Waals surface area contributed by atoms with E-state index in [0.717, 1.165) is 28.0 Å². The summed E-state index contributed by atoms with van der Waals surface area (Å²) in [6.07, 6.45) is 0. The summed E-state index contributed by atoms with van der Waals surface area (Å²) < 4.78 is 0. The molecule has 4 heteroatoms. The number of hydrogen-bond acceptors (Lipinski definition) is 3. The summed E-state index contributed by atoms with van der Waals surface area (Å²) in [6.45, 7) is 0.856. The second-order valence-corrected chi connectivity index (χ2v) is 6.14. The molecule has 0 N–H and O–H groups in total. The molecule has 1 heterocycles. The van der Waals surface area contributed by atoms with Crippen LogP contribution >= 0.6 is 22.9 Å². The van der Waals surface area contributed by atoms with Gasteiger partial charge in [-0.15, -0.1) is 11.3 Å². The SMILES string of the molecule is CN(Cc1ccccc1)c1nc(-c2ccc(Cl)cc2)cs1. The molecule has 2 aromatic carbocycles. The van der Waals surface area contributed by atoms with Gasteiger partial charge in [-0.2, -0.15) is 0 Å². The van der Waals surface area contributed by atoms with E-state index in [1.807, 2.05) is 30.3 Å². The summed E-state index contributed by atoms with van der Waals surface area (Å²) in [5.41, 5.74) is 3.37. The van der Waals surface area contributed by atoms with Crippen molar-refractivity contribution >= 4 is 28.1 Å². The number of benzene rings is 2. The number of halogens is 1. The average molecular weight is 315 g/mol. The highest BCUT2D eigenvalue weighted by Crippen LogP contribution is 2.28. The lowest BCUT2D eigenvalue weighted by atomic mass is 10.2. The Kier molecular flexibility index (Phi) is 4.23. The molecule has 3 rings (SSSR count). The third kappa shape index (κ3) is 3.43. The second kappa shape index (κ2) is 6.29. The van der Waals surface area contributed by atoms with E-state index in [1.54, 1.807) is 11.3 Å². The Morgan fingerprint density at radius 3 is 2.48 bits per heavy atom. The van der Waals surface area contributed by atoms with Gasteiger partial charge < -0.3 is 4.90 Å². The van der Waals surface area contributed by atoms with Crippen LogP contribution in [0, 0.1) is 0 Å². The van der Waals surface area contributed by atoms with Gasteiger partial charge in [0.2, 0.25) is 0 Å². The molecule has 21 heavy (non-hydrogen) atoms. The van der Waals surface area contributed by atoms with Gasteiger partial charge in [0, 0.05) is 29.6 Å². The minimum absolute atomic E-state index is 0.746. The van der Waals surface area contributed by atoms with Gasteiger partial charge in [0.25, 0.3) is 0 Å². The highest BCUT2D eigenvalue weighted by Gasteiger charge is 2.09. The first-order valence-electron chi connectivity index (χ1n) is 6.69. The predicted octanol–water partition coefficient (Wildman–Crippen LogP) is 5.10. The van der Waals surface area contributed by atoms with Crippen LogP contribution in [0.25, 0.3) is 11.3 Å². The highest BCUT2D eigenvalue weighted by atomic mass is 35.5. The van der Waals surface area contributed by atoms with Gasteiger partial charge in [-0.05, 0) is 17.7 Å². The van der Waals surface area contributed by atoms with Crippen LogP contribution in [0.4, 0.5) is 5.13 Å². The minimum Gasteiger partial charge on any atom is -0.347 e. The lowest BCUT2D eigenvalue weighted by Crippen LogP contribution is -2.15. The van der Waals surface area contributed by atoms with Gasteiger partial charge >= 0.3 is 0 Å². The number of anilines is 1. The maximum atomic E-state index is 5.92. The van der Waals surface area contributed by atoms with Gasteiger partial charge in [-0.25, -0.2) is 4.98 Å². The van der Waals surface area contributed by atoms with Crippen molar-refractivity contribution in [3.05, 3.63) is 70.6 Å². The fourth-order valence-corrected chi connectivity index (χ4v) is 3.05. The number of thiazole rings is 1. The summed E-state index contributed by atoms with van der Waals surface area (Å²) in [7, 11) is 2.07.